The quantitative estimate of drug-likeness (QED) is 0.768. The maximum absolute atomic E-state index is 5.97. The smallest absolute Gasteiger partial charge is 0.147 e. The van der Waals surface area contributed by atoms with Gasteiger partial charge in [-0.2, -0.15) is 9.47 Å². The van der Waals surface area contributed by atoms with Crippen LogP contribution in [0.1, 0.15) is 5.56 Å². The van der Waals surface area contributed by atoms with Gasteiger partial charge < -0.3 is 11.1 Å². The van der Waals surface area contributed by atoms with Crippen LogP contribution in [-0.4, -0.2) is 19.1 Å². The molecule has 0 aliphatic carbocycles. The Balaban J connectivity index is 1.84. The van der Waals surface area contributed by atoms with Crippen molar-refractivity contribution in [2.75, 3.05) is 11.1 Å². The van der Waals surface area contributed by atoms with Gasteiger partial charge in [0.15, 0.2) is 0 Å². The van der Waals surface area contributed by atoms with Crippen LogP contribution in [0.4, 0.5) is 10.8 Å². The Morgan fingerprint density at radius 2 is 2.15 bits per heavy atom. The molecule has 3 rings (SSSR count). The molecule has 0 spiro atoms. The maximum atomic E-state index is 5.97. The molecule has 0 aliphatic rings. The van der Waals surface area contributed by atoms with E-state index in [2.05, 4.69) is 19.8 Å². The standard InChI is InChI=1S/C13H14N6S/c1-19-8-9(7-17-19)6-16-13-11(12(14)18-20-13)10-2-4-15-5-3-10/h2-5,7-8,16H,6H2,1H3,(H2,14,18). The molecule has 0 aromatic carbocycles. The van der Waals surface area contributed by atoms with Crippen molar-refractivity contribution in [3.8, 4) is 11.1 Å². The normalized spacial score (nSPS) is 10.7. The molecule has 0 bridgehead atoms. The van der Waals surface area contributed by atoms with E-state index < -0.39 is 0 Å². The molecule has 20 heavy (non-hydrogen) atoms. The number of nitrogen functional groups attached to an aromatic ring is 1. The van der Waals surface area contributed by atoms with Gasteiger partial charge in [0.05, 0.1) is 11.8 Å². The van der Waals surface area contributed by atoms with Crippen molar-refractivity contribution < 1.29 is 0 Å². The monoisotopic (exact) mass is 286 g/mol. The number of nitrogens with two attached hydrogens (primary N) is 1. The van der Waals surface area contributed by atoms with Crippen LogP contribution in [0.2, 0.25) is 0 Å². The number of nitrogens with zero attached hydrogens (tertiary/aromatic N) is 4. The molecule has 0 radical (unpaired) electrons. The third kappa shape index (κ3) is 2.48. The molecule has 3 aromatic rings. The predicted molar refractivity (Wildman–Crippen MR) is 80.3 cm³/mol. The first kappa shape index (κ1) is 12.6. The van der Waals surface area contributed by atoms with Crippen LogP contribution < -0.4 is 11.1 Å². The zero-order valence-corrected chi connectivity index (χ0v) is 11.8. The zero-order valence-electron chi connectivity index (χ0n) is 10.9. The largest absolute Gasteiger partial charge is 0.382 e. The van der Waals surface area contributed by atoms with Crippen LogP contribution in [0.3, 0.4) is 0 Å². The second-order valence-corrected chi connectivity index (χ2v) is 5.16. The van der Waals surface area contributed by atoms with E-state index in [1.54, 1.807) is 17.1 Å². The van der Waals surface area contributed by atoms with E-state index >= 15 is 0 Å². The lowest BCUT2D eigenvalue weighted by atomic mass is 10.1. The SMILES string of the molecule is Cn1cc(CNc2snc(N)c2-c2ccncc2)cn1. The summed E-state index contributed by atoms with van der Waals surface area (Å²) in [6.07, 6.45) is 7.31. The van der Waals surface area contributed by atoms with Gasteiger partial charge in [0, 0.05) is 37.7 Å². The third-order valence-corrected chi connectivity index (χ3v) is 3.72. The van der Waals surface area contributed by atoms with E-state index in [0.29, 0.717) is 12.4 Å². The molecule has 0 amide bonds. The van der Waals surface area contributed by atoms with E-state index in [4.69, 9.17) is 5.73 Å². The fourth-order valence-corrected chi connectivity index (χ4v) is 2.70. The van der Waals surface area contributed by atoms with Gasteiger partial charge in [0.25, 0.3) is 0 Å². The lowest BCUT2D eigenvalue weighted by Crippen LogP contribution is -1.98. The summed E-state index contributed by atoms with van der Waals surface area (Å²) in [6, 6.07) is 3.85. The van der Waals surface area contributed by atoms with Crippen molar-refractivity contribution >= 4 is 22.4 Å². The average Bonchev–Trinajstić information content (AvgIpc) is 3.03. The van der Waals surface area contributed by atoms with Gasteiger partial charge in [-0.05, 0) is 29.2 Å². The number of rotatable bonds is 4. The minimum atomic E-state index is 0.537. The van der Waals surface area contributed by atoms with Crippen LogP contribution in [0.5, 0.6) is 0 Å². The molecule has 0 saturated heterocycles. The number of hydrogen-bond donors (Lipinski definition) is 2. The van der Waals surface area contributed by atoms with Crippen LogP contribution in [-0.2, 0) is 13.6 Å². The first-order valence-corrected chi connectivity index (χ1v) is 6.88. The summed E-state index contributed by atoms with van der Waals surface area (Å²) in [5.41, 5.74) is 9.03. The van der Waals surface area contributed by atoms with Gasteiger partial charge in [-0.15, -0.1) is 0 Å². The maximum Gasteiger partial charge on any atom is 0.147 e. The Hall–Kier alpha value is -2.41. The minimum absolute atomic E-state index is 0.537. The molecular weight excluding hydrogens is 272 g/mol. The minimum Gasteiger partial charge on any atom is -0.382 e. The molecule has 0 atom stereocenters. The molecule has 3 aromatic heterocycles. The van der Waals surface area contributed by atoms with E-state index in [1.165, 1.54) is 11.5 Å². The Morgan fingerprint density at radius 3 is 2.85 bits per heavy atom. The van der Waals surface area contributed by atoms with Crippen LogP contribution >= 0.6 is 11.5 Å². The van der Waals surface area contributed by atoms with Crippen molar-refractivity contribution in [3.05, 3.63) is 42.5 Å². The van der Waals surface area contributed by atoms with E-state index in [1.807, 2.05) is 31.6 Å². The van der Waals surface area contributed by atoms with Crippen molar-refractivity contribution in [2.45, 2.75) is 6.54 Å². The highest BCUT2D eigenvalue weighted by molar-refractivity contribution is 7.11. The zero-order chi connectivity index (χ0) is 13.9. The molecule has 3 N–H and O–H groups in total. The molecule has 7 heteroatoms. The molecule has 6 nitrogen and oxygen atoms in total. The highest BCUT2D eigenvalue weighted by Crippen LogP contribution is 2.36. The molecule has 0 unspecified atom stereocenters. The third-order valence-electron chi connectivity index (χ3n) is 2.90. The Bertz CT molecular complexity index is 703. The van der Waals surface area contributed by atoms with E-state index in [-0.39, 0.29) is 0 Å². The second-order valence-electron chi connectivity index (χ2n) is 4.38. The lowest BCUT2D eigenvalue weighted by Gasteiger charge is -2.06. The summed E-state index contributed by atoms with van der Waals surface area (Å²) < 4.78 is 6.01. The fourth-order valence-electron chi connectivity index (χ4n) is 1.97. The van der Waals surface area contributed by atoms with Crippen molar-refractivity contribution in [2.24, 2.45) is 7.05 Å². The van der Waals surface area contributed by atoms with Gasteiger partial charge >= 0.3 is 0 Å². The van der Waals surface area contributed by atoms with E-state index in [9.17, 15) is 0 Å². The molecule has 0 fully saturated rings. The van der Waals surface area contributed by atoms with Gasteiger partial charge in [-0.25, -0.2) is 0 Å². The predicted octanol–water partition coefficient (Wildman–Crippen LogP) is 2.13. The van der Waals surface area contributed by atoms with Gasteiger partial charge in [0.2, 0.25) is 0 Å². The summed E-state index contributed by atoms with van der Waals surface area (Å²) in [5, 5.41) is 8.47. The Labute approximate surface area is 120 Å². The topological polar surface area (TPSA) is 81.7 Å². The average molecular weight is 286 g/mol. The Kier molecular flexibility index (Phi) is 3.34. The first-order chi connectivity index (χ1) is 9.74. The summed E-state index contributed by atoms with van der Waals surface area (Å²) in [5.74, 6) is 0.537. The van der Waals surface area contributed by atoms with Gasteiger partial charge in [0.1, 0.15) is 10.8 Å². The first-order valence-electron chi connectivity index (χ1n) is 6.11. The summed E-state index contributed by atoms with van der Waals surface area (Å²) in [7, 11) is 1.90. The van der Waals surface area contributed by atoms with E-state index in [0.717, 1.165) is 21.7 Å². The number of aryl methyl sites for hydroxylation is 1. The van der Waals surface area contributed by atoms with Crippen molar-refractivity contribution in [1.29, 1.82) is 0 Å². The number of aromatic nitrogens is 4. The van der Waals surface area contributed by atoms with Gasteiger partial charge in [-0.3, -0.25) is 9.67 Å². The fraction of sp³-hybridized carbons (Fsp3) is 0.154. The summed E-state index contributed by atoms with van der Waals surface area (Å²) >= 11 is 1.36. The number of hydrogen-bond acceptors (Lipinski definition) is 6. The molecule has 102 valence electrons. The Morgan fingerprint density at radius 1 is 1.35 bits per heavy atom. The van der Waals surface area contributed by atoms with Crippen molar-refractivity contribution in [3.63, 3.8) is 0 Å². The number of pyridine rings is 1. The molecule has 0 aliphatic heterocycles. The molecule has 3 heterocycles. The van der Waals surface area contributed by atoms with Gasteiger partial charge in [-0.1, -0.05) is 0 Å². The summed E-state index contributed by atoms with van der Waals surface area (Å²) in [4.78, 5) is 4.02. The second kappa shape index (κ2) is 5.30. The molecule has 0 saturated carbocycles. The molecular formula is C13H14N6S. The van der Waals surface area contributed by atoms with Crippen LogP contribution in [0, 0.1) is 0 Å². The van der Waals surface area contributed by atoms with Crippen molar-refractivity contribution in [1.82, 2.24) is 19.1 Å². The highest BCUT2D eigenvalue weighted by Gasteiger charge is 2.13. The summed E-state index contributed by atoms with van der Waals surface area (Å²) in [6.45, 7) is 0.688. The highest BCUT2D eigenvalue weighted by atomic mass is 32.1. The number of nitrogens with one attached hydrogen (secondary N) is 1. The van der Waals surface area contributed by atoms with Crippen LogP contribution in [0.25, 0.3) is 11.1 Å². The number of anilines is 2. The lowest BCUT2D eigenvalue weighted by molar-refractivity contribution is 0.767. The van der Waals surface area contributed by atoms with Crippen LogP contribution in [0.15, 0.2) is 36.9 Å².